The van der Waals surface area contributed by atoms with E-state index in [1.165, 1.54) is 15.8 Å². The van der Waals surface area contributed by atoms with Crippen LogP contribution in [0.15, 0.2) is 91.1 Å². The number of benzene rings is 3. The summed E-state index contributed by atoms with van der Waals surface area (Å²) in [5.41, 5.74) is 5.69. The first-order valence-corrected chi connectivity index (χ1v) is 9.40. The number of H-pyrrole nitrogens is 1. The first-order valence-electron chi connectivity index (χ1n) is 8.58. The van der Waals surface area contributed by atoms with Gasteiger partial charge in [-0.15, -0.1) is 11.3 Å². The van der Waals surface area contributed by atoms with Gasteiger partial charge >= 0.3 is 0 Å². The van der Waals surface area contributed by atoms with Gasteiger partial charge in [0.2, 0.25) is 0 Å². The maximum Gasteiger partial charge on any atom is 0.126 e. The van der Waals surface area contributed by atoms with E-state index in [-0.39, 0.29) is 0 Å². The summed E-state index contributed by atoms with van der Waals surface area (Å²) in [6.45, 7) is 0. The van der Waals surface area contributed by atoms with Crippen LogP contribution < -0.4 is 0 Å². The summed E-state index contributed by atoms with van der Waals surface area (Å²) in [5.74, 6) is 0. The van der Waals surface area contributed by atoms with Crippen molar-refractivity contribution in [2.75, 3.05) is 0 Å². The SMILES string of the molecule is c1ccc(-c2nc(-c3c[nH]c4ccccc34)sc2-c2ccccc2)cc1. The smallest absolute Gasteiger partial charge is 0.126 e. The van der Waals surface area contributed by atoms with Crippen molar-refractivity contribution < 1.29 is 0 Å². The molecule has 0 radical (unpaired) electrons. The zero-order chi connectivity index (χ0) is 17.3. The molecule has 0 unspecified atom stereocenters. The number of fused-ring (bicyclic) bond motifs is 1. The van der Waals surface area contributed by atoms with Crippen LogP contribution >= 0.6 is 11.3 Å². The van der Waals surface area contributed by atoms with E-state index < -0.39 is 0 Å². The molecule has 2 nitrogen and oxygen atoms in total. The van der Waals surface area contributed by atoms with Gasteiger partial charge in [0.1, 0.15) is 5.01 Å². The van der Waals surface area contributed by atoms with E-state index in [0.29, 0.717) is 0 Å². The third-order valence-electron chi connectivity index (χ3n) is 4.53. The van der Waals surface area contributed by atoms with Crippen molar-refractivity contribution in [2.24, 2.45) is 0 Å². The Bertz CT molecular complexity index is 1110. The van der Waals surface area contributed by atoms with Gasteiger partial charge < -0.3 is 4.98 Å². The lowest BCUT2D eigenvalue weighted by Gasteiger charge is -2.02. The molecule has 0 aliphatic carbocycles. The lowest BCUT2D eigenvalue weighted by atomic mass is 10.1. The van der Waals surface area contributed by atoms with E-state index in [2.05, 4.69) is 84.0 Å². The minimum absolute atomic E-state index is 1.04. The van der Waals surface area contributed by atoms with E-state index in [4.69, 9.17) is 4.98 Å². The van der Waals surface area contributed by atoms with E-state index in [1.807, 2.05) is 12.1 Å². The molecular weight excluding hydrogens is 336 g/mol. The number of aromatic amines is 1. The Morgan fingerprint density at radius 1 is 0.692 bits per heavy atom. The molecule has 5 rings (SSSR count). The van der Waals surface area contributed by atoms with E-state index >= 15 is 0 Å². The third kappa shape index (κ3) is 2.54. The summed E-state index contributed by atoms with van der Waals surface area (Å²) in [6.07, 6.45) is 2.06. The van der Waals surface area contributed by atoms with Crippen molar-refractivity contribution in [1.29, 1.82) is 0 Å². The number of hydrogen-bond acceptors (Lipinski definition) is 2. The number of rotatable bonds is 3. The van der Waals surface area contributed by atoms with Gasteiger partial charge in [-0.05, 0) is 11.6 Å². The maximum atomic E-state index is 5.05. The molecule has 26 heavy (non-hydrogen) atoms. The summed E-state index contributed by atoms with van der Waals surface area (Å²) in [5, 5.41) is 2.25. The lowest BCUT2D eigenvalue weighted by molar-refractivity contribution is 1.40. The molecule has 0 amide bonds. The van der Waals surface area contributed by atoms with Gasteiger partial charge in [0.25, 0.3) is 0 Å². The maximum absolute atomic E-state index is 5.05. The van der Waals surface area contributed by atoms with Gasteiger partial charge in [0.05, 0.1) is 10.6 Å². The molecule has 124 valence electrons. The molecule has 0 atom stereocenters. The Morgan fingerprint density at radius 2 is 1.35 bits per heavy atom. The van der Waals surface area contributed by atoms with Crippen molar-refractivity contribution in [3.8, 4) is 32.3 Å². The molecule has 5 aromatic rings. The molecule has 2 heterocycles. The van der Waals surface area contributed by atoms with Gasteiger partial charge in [-0.1, -0.05) is 78.9 Å². The average molecular weight is 352 g/mol. The molecule has 0 aliphatic rings. The molecule has 1 N–H and O–H groups in total. The van der Waals surface area contributed by atoms with Crippen LogP contribution in [-0.4, -0.2) is 9.97 Å². The quantitative estimate of drug-likeness (QED) is 0.388. The number of para-hydroxylation sites is 1. The van der Waals surface area contributed by atoms with Gasteiger partial charge in [-0.25, -0.2) is 4.98 Å². The van der Waals surface area contributed by atoms with E-state index in [9.17, 15) is 0 Å². The highest BCUT2D eigenvalue weighted by Gasteiger charge is 2.17. The molecule has 0 spiro atoms. The van der Waals surface area contributed by atoms with Crippen molar-refractivity contribution in [3.05, 3.63) is 91.1 Å². The number of aromatic nitrogens is 2. The van der Waals surface area contributed by atoms with Gasteiger partial charge in [0, 0.05) is 28.2 Å². The monoisotopic (exact) mass is 352 g/mol. The Balaban J connectivity index is 1.75. The Hall–Kier alpha value is -3.17. The molecule has 0 bridgehead atoms. The number of hydrogen-bond donors (Lipinski definition) is 1. The molecular formula is C23H16N2S. The molecule has 0 saturated heterocycles. The third-order valence-corrected chi connectivity index (χ3v) is 5.67. The van der Waals surface area contributed by atoms with Crippen molar-refractivity contribution in [2.45, 2.75) is 0 Å². The van der Waals surface area contributed by atoms with Crippen LogP contribution in [0.5, 0.6) is 0 Å². The van der Waals surface area contributed by atoms with Gasteiger partial charge in [-0.3, -0.25) is 0 Å². The summed E-state index contributed by atoms with van der Waals surface area (Å²) in [7, 11) is 0. The predicted molar refractivity (Wildman–Crippen MR) is 110 cm³/mol. The second-order valence-electron chi connectivity index (χ2n) is 6.18. The fraction of sp³-hybridized carbons (Fsp3) is 0. The zero-order valence-electron chi connectivity index (χ0n) is 14.0. The molecule has 0 saturated carbocycles. The van der Waals surface area contributed by atoms with Crippen molar-refractivity contribution >= 4 is 22.2 Å². The summed E-state index contributed by atoms with van der Waals surface area (Å²) >= 11 is 1.75. The van der Waals surface area contributed by atoms with Gasteiger partial charge in [0.15, 0.2) is 0 Å². The highest BCUT2D eigenvalue weighted by Crippen LogP contribution is 2.42. The highest BCUT2D eigenvalue weighted by atomic mass is 32.1. The summed E-state index contributed by atoms with van der Waals surface area (Å²) < 4.78 is 0. The number of nitrogens with zero attached hydrogens (tertiary/aromatic N) is 1. The van der Waals surface area contributed by atoms with Crippen LogP contribution in [0.4, 0.5) is 0 Å². The fourth-order valence-corrected chi connectivity index (χ4v) is 4.38. The summed E-state index contributed by atoms with van der Waals surface area (Å²) in [4.78, 5) is 9.62. The normalized spacial score (nSPS) is 11.1. The lowest BCUT2D eigenvalue weighted by Crippen LogP contribution is -1.82. The Kier molecular flexibility index (Phi) is 3.65. The topological polar surface area (TPSA) is 28.7 Å². The molecule has 0 aliphatic heterocycles. The fourth-order valence-electron chi connectivity index (χ4n) is 3.26. The van der Waals surface area contributed by atoms with Crippen LogP contribution in [0.2, 0.25) is 0 Å². The van der Waals surface area contributed by atoms with E-state index in [0.717, 1.165) is 27.3 Å². The molecule has 0 fully saturated rings. The van der Waals surface area contributed by atoms with Crippen molar-refractivity contribution in [1.82, 2.24) is 9.97 Å². The Labute approximate surface area is 155 Å². The minimum Gasteiger partial charge on any atom is -0.360 e. The average Bonchev–Trinajstić information content (AvgIpc) is 3.34. The predicted octanol–water partition coefficient (Wildman–Crippen LogP) is 6.63. The summed E-state index contributed by atoms with van der Waals surface area (Å²) in [6, 6.07) is 29.3. The van der Waals surface area contributed by atoms with Crippen LogP contribution in [0.1, 0.15) is 0 Å². The van der Waals surface area contributed by atoms with Crippen LogP contribution in [0.3, 0.4) is 0 Å². The highest BCUT2D eigenvalue weighted by molar-refractivity contribution is 7.19. The van der Waals surface area contributed by atoms with Crippen molar-refractivity contribution in [3.63, 3.8) is 0 Å². The second-order valence-corrected chi connectivity index (χ2v) is 7.18. The number of thiazole rings is 1. The largest absolute Gasteiger partial charge is 0.360 e. The van der Waals surface area contributed by atoms with Crippen LogP contribution in [0.25, 0.3) is 43.2 Å². The van der Waals surface area contributed by atoms with Crippen LogP contribution in [0, 0.1) is 0 Å². The molecule has 3 aromatic carbocycles. The first-order chi connectivity index (χ1) is 12.9. The first kappa shape index (κ1) is 15.1. The van der Waals surface area contributed by atoms with Crippen LogP contribution in [-0.2, 0) is 0 Å². The second kappa shape index (κ2) is 6.28. The minimum atomic E-state index is 1.04. The zero-order valence-corrected chi connectivity index (χ0v) is 14.8. The van der Waals surface area contributed by atoms with E-state index in [1.54, 1.807) is 11.3 Å². The van der Waals surface area contributed by atoms with Gasteiger partial charge in [-0.2, -0.15) is 0 Å². The number of nitrogens with one attached hydrogen (secondary N) is 1. The Morgan fingerprint density at radius 3 is 2.12 bits per heavy atom. The standard InChI is InChI=1S/C23H16N2S/c1-3-9-16(10-4-1)21-22(17-11-5-2-6-12-17)26-23(25-21)19-15-24-20-14-8-7-13-18(19)20/h1-15,24H. The molecule has 3 heteroatoms. The molecule has 2 aromatic heterocycles.